The van der Waals surface area contributed by atoms with Gasteiger partial charge in [-0.2, -0.15) is 5.10 Å². The number of nitrogens with zero attached hydrogens (tertiary/aromatic N) is 3. The predicted octanol–water partition coefficient (Wildman–Crippen LogP) is 3.09. The highest BCUT2D eigenvalue weighted by atomic mass is 16.1. The van der Waals surface area contributed by atoms with Crippen molar-refractivity contribution in [3.05, 3.63) is 53.3 Å². The Morgan fingerprint density at radius 3 is 2.68 bits per heavy atom. The van der Waals surface area contributed by atoms with Crippen LogP contribution in [-0.4, -0.2) is 20.7 Å². The number of benzene rings is 1. The Morgan fingerprint density at radius 2 is 2.00 bits per heavy atom. The molecule has 0 aliphatic heterocycles. The summed E-state index contributed by atoms with van der Waals surface area (Å²) in [5, 5.41) is 8.16. The van der Waals surface area contributed by atoms with Crippen molar-refractivity contribution in [2.75, 3.05) is 5.32 Å². The molecule has 5 nitrogen and oxygen atoms in total. The lowest BCUT2D eigenvalue weighted by Gasteiger charge is -2.06. The lowest BCUT2D eigenvalue weighted by molar-refractivity contribution is 0.102. The van der Waals surface area contributed by atoms with Crippen molar-refractivity contribution in [3.63, 3.8) is 0 Å². The van der Waals surface area contributed by atoms with Crippen LogP contribution < -0.4 is 5.32 Å². The lowest BCUT2D eigenvalue weighted by atomic mass is 10.1. The molecule has 0 saturated carbocycles. The monoisotopic (exact) mass is 294 g/mol. The fourth-order valence-corrected chi connectivity index (χ4v) is 2.47. The summed E-state index contributed by atoms with van der Waals surface area (Å²) in [4.78, 5) is 16.6. The highest BCUT2D eigenvalue weighted by Gasteiger charge is 2.10. The van der Waals surface area contributed by atoms with Crippen molar-refractivity contribution in [1.82, 2.24) is 14.8 Å². The number of carbonyl (C=O) groups excluding carboxylic acids is 1. The standard InChI is InChI=1S/C17H18N4O/c1-4-12-5-7-13(8-6-12)17(22)19-14-9-15-11(2)20-21(3)16(15)18-10-14/h5-10H,4H2,1-3H3,(H,19,22). The highest BCUT2D eigenvalue weighted by Crippen LogP contribution is 2.19. The normalized spacial score (nSPS) is 10.9. The van der Waals surface area contributed by atoms with Crippen LogP contribution in [0, 0.1) is 6.92 Å². The number of carbonyl (C=O) groups is 1. The van der Waals surface area contributed by atoms with Crippen molar-refractivity contribution in [3.8, 4) is 0 Å². The van der Waals surface area contributed by atoms with E-state index in [0.29, 0.717) is 11.3 Å². The maximum absolute atomic E-state index is 12.3. The summed E-state index contributed by atoms with van der Waals surface area (Å²) in [5.74, 6) is -0.134. The second kappa shape index (κ2) is 5.60. The number of amides is 1. The molecule has 3 aromatic rings. The van der Waals surface area contributed by atoms with E-state index in [2.05, 4.69) is 22.3 Å². The Labute approximate surface area is 129 Å². The number of rotatable bonds is 3. The fourth-order valence-electron chi connectivity index (χ4n) is 2.47. The van der Waals surface area contributed by atoms with Crippen molar-refractivity contribution >= 4 is 22.6 Å². The van der Waals surface area contributed by atoms with E-state index in [1.165, 1.54) is 5.56 Å². The molecular weight excluding hydrogens is 276 g/mol. The first kappa shape index (κ1) is 14.3. The van der Waals surface area contributed by atoms with Crippen LogP contribution in [-0.2, 0) is 13.5 Å². The molecule has 2 aromatic heterocycles. The SMILES string of the molecule is CCc1ccc(C(=O)Nc2cnc3c(c2)c(C)nn3C)cc1. The fraction of sp³-hybridized carbons (Fsp3) is 0.235. The van der Waals surface area contributed by atoms with Gasteiger partial charge < -0.3 is 5.32 Å². The summed E-state index contributed by atoms with van der Waals surface area (Å²) < 4.78 is 1.74. The second-order valence-corrected chi connectivity index (χ2v) is 5.31. The van der Waals surface area contributed by atoms with Gasteiger partial charge in [0.25, 0.3) is 5.91 Å². The van der Waals surface area contributed by atoms with Crippen LogP contribution in [0.1, 0.15) is 28.5 Å². The third-order valence-electron chi connectivity index (χ3n) is 3.75. The minimum absolute atomic E-state index is 0.134. The van der Waals surface area contributed by atoms with Crippen molar-refractivity contribution in [2.45, 2.75) is 20.3 Å². The Balaban J connectivity index is 1.85. The van der Waals surface area contributed by atoms with Gasteiger partial charge in [-0.05, 0) is 37.1 Å². The van der Waals surface area contributed by atoms with Gasteiger partial charge in [0.05, 0.1) is 17.6 Å². The summed E-state index contributed by atoms with van der Waals surface area (Å²) in [5.41, 5.74) is 4.23. The summed E-state index contributed by atoms with van der Waals surface area (Å²) in [6, 6.07) is 9.54. The molecule has 0 aliphatic rings. The van der Waals surface area contributed by atoms with Gasteiger partial charge in [0.15, 0.2) is 5.65 Å². The number of aryl methyl sites for hydroxylation is 3. The second-order valence-electron chi connectivity index (χ2n) is 5.31. The molecule has 2 heterocycles. The summed E-state index contributed by atoms with van der Waals surface area (Å²) >= 11 is 0. The van der Waals surface area contributed by atoms with E-state index in [1.54, 1.807) is 10.9 Å². The number of anilines is 1. The molecule has 22 heavy (non-hydrogen) atoms. The molecule has 3 rings (SSSR count). The number of pyridine rings is 1. The summed E-state index contributed by atoms with van der Waals surface area (Å²) in [6.07, 6.45) is 2.62. The molecule has 1 amide bonds. The Morgan fingerprint density at radius 1 is 1.27 bits per heavy atom. The molecule has 112 valence electrons. The third kappa shape index (κ3) is 2.57. The predicted molar refractivity (Wildman–Crippen MR) is 87.0 cm³/mol. The smallest absolute Gasteiger partial charge is 0.255 e. The lowest BCUT2D eigenvalue weighted by Crippen LogP contribution is -2.12. The topological polar surface area (TPSA) is 59.8 Å². The molecule has 0 bridgehead atoms. The van der Waals surface area contributed by atoms with Gasteiger partial charge in [-0.1, -0.05) is 19.1 Å². The van der Waals surface area contributed by atoms with E-state index < -0.39 is 0 Å². The van der Waals surface area contributed by atoms with E-state index in [0.717, 1.165) is 23.1 Å². The van der Waals surface area contributed by atoms with Crippen LogP contribution in [0.3, 0.4) is 0 Å². The number of aromatic nitrogens is 3. The van der Waals surface area contributed by atoms with Gasteiger partial charge in [-0.15, -0.1) is 0 Å². The van der Waals surface area contributed by atoms with E-state index in [4.69, 9.17) is 0 Å². The largest absolute Gasteiger partial charge is 0.321 e. The van der Waals surface area contributed by atoms with Crippen LogP contribution in [0.2, 0.25) is 0 Å². The molecule has 0 spiro atoms. The first-order valence-corrected chi connectivity index (χ1v) is 7.28. The van der Waals surface area contributed by atoms with Crippen molar-refractivity contribution in [1.29, 1.82) is 0 Å². The van der Waals surface area contributed by atoms with E-state index in [1.807, 2.05) is 44.3 Å². The number of hydrogen-bond donors (Lipinski definition) is 1. The first-order chi connectivity index (χ1) is 10.6. The Bertz CT molecular complexity index is 834. The molecule has 0 fully saturated rings. The van der Waals surface area contributed by atoms with Gasteiger partial charge in [-0.25, -0.2) is 4.98 Å². The van der Waals surface area contributed by atoms with Crippen LogP contribution in [0.15, 0.2) is 36.5 Å². The average molecular weight is 294 g/mol. The summed E-state index contributed by atoms with van der Waals surface area (Å²) in [6.45, 7) is 4.02. The van der Waals surface area contributed by atoms with Gasteiger partial charge in [-0.3, -0.25) is 9.48 Å². The summed E-state index contributed by atoms with van der Waals surface area (Å²) in [7, 11) is 1.86. The number of nitrogens with one attached hydrogen (secondary N) is 1. The number of fused-ring (bicyclic) bond motifs is 1. The van der Waals surface area contributed by atoms with E-state index in [-0.39, 0.29) is 5.91 Å². The maximum atomic E-state index is 12.3. The minimum atomic E-state index is -0.134. The van der Waals surface area contributed by atoms with Crippen LogP contribution in [0.25, 0.3) is 11.0 Å². The van der Waals surface area contributed by atoms with E-state index in [9.17, 15) is 4.79 Å². The zero-order valence-corrected chi connectivity index (χ0v) is 12.9. The van der Waals surface area contributed by atoms with E-state index >= 15 is 0 Å². The molecule has 0 aliphatic carbocycles. The molecule has 1 N–H and O–H groups in total. The minimum Gasteiger partial charge on any atom is -0.321 e. The molecule has 0 saturated heterocycles. The molecule has 5 heteroatoms. The Kier molecular flexibility index (Phi) is 3.63. The average Bonchev–Trinajstić information content (AvgIpc) is 2.81. The molecular formula is C17H18N4O. The first-order valence-electron chi connectivity index (χ1n) is 7.28. The molecule has 0 radical (unpaired) electrons. The van der Waals surface area contributed by atoms with Gasteiger partial charge in [0.1, 0.15) is 0 Å². The Hall–Kier alpha value is -2.69. The highest BCUT2D eigenvalue weighted by molar-refractivity contribution is 6.04. The van der Waals surface area contributed by atoms with Crippen molar-refractivity contribution < 1.29 is 4.79 Å². The number of hydrogen-bond acceptors (Lipinski definition) is 3. The molecule has 1 aromatic carbocycles. The van der Waals surface area contributed by atoms with Crippen LogP contribution in [0.5, 0.6) is 0 Å². The zero-order valence-electron chi connectivity index (χ0n) is 12.9. The zero-order chi connectivity index (χ0) is 15.7. The molecule has 0 unspecified atom stereocenters. The van der Waals surface area contributed by atoms with Gasteiger partial charge in [0.2, 0.25) is 0 Å². The third-order valence-corrected chi connectivity index (χ3v) is 3.75. The van der Waals surface area contributed by atoms with Crippen LogP contribution in [0.4, 0.5) is 5.69 Å². The maximum Gasteiger partial charge on any atom is 0.255 e. The molecule has 0 atom stereocenters. The quantitative estimate of drug-likeness (QED) is 0.807. The van der Waals surface area contributed by atoms with Gasteiger partial charge >= 0.3 is 0 Å². The van der Waals surface area contributed by atoms with Crippen molar-refractivity contribution in [2.24, 2.45) is 7.05 Å². The van der Waals surface area contributed by atoms with Gasteiger partial charge in [0, 0.05) is 18.0 Å². The van der Waals surface area contributed by atoms with Crippen LogP contribution >= 0.6 is 0 Å².